The predicted octanol–water partition coefficient (Wildman–Crippen LogP) is 0.930. The lowest BCUT2D eigenvalue weighted by atomic mass is 10.1. The second-order valence-corrected chi connectivity index (χ2v) is 2.22. The Hall–Kier alpha value is -1.25. The largest absolute Gasteiger partial charge is 0.479 e. The van der Waals surface area contributed by atoms with Crippen LogP contribution in [0.1, 0.15) is 6.92 Å². The molecule has 0 bridgehead atoms. The van der Waals surface area contributed by atoms with Crippen molar-refractivity contribution in [2.24, 2.45) is 0 Å². The summed E-state index contributed by atoms with van der Waals surface area (Å²) < 4.78 is 4.86. The van der Waals surface area contributed by atoms with Crippen LogP contribution < -0.4 is 0 Å². The molecule has 0 aromatic carbocycles. The van der Waals surface area contributed by atoms with Crippen LogP contribution >= 0.6 is 0 Å². The summed E-state index contributed by atoms with van der Waals surface area (Å²) in [5, 5.41) is 8.59. The molecule has 1 unspecified atom stereocenters. The van der Waals surface area contributed by atoms with Crippen molar-refractivity contribution in [3.8, 4) is 0 Å². The topological polar surface area (TPSA) is 46.5 Å². The lowest BCUT2D eigenvalue weighted by molar-refractivity contribution is -0.152. The molecule has 10 heavy (non-hydrogen) atoms. The van der Waals surface area contributed by atoms with Crippen molar-refractivity contribution >= 4 is 5.97 Å². The summed E-state index contributed by atoms with van der Waals surface area (Å²) in [6, 6.07) is 0. The van der Waals surface area contributed by atoms with Gasteiger partial charge in [-0.2, -0.15) is 0 Å². The van der Waals surface area contributed by atoms with E-state index in [-0.39, 0.29) is 0 Å². The number of carbonyl (C=O) groups is 1. The number of carboxylic acid groups (broad SMARTS) is 1. The maximum Gasteiger partial charge on any atom is 0.351 e. The molecule has 0 saturated heterocycles. The van der Waals surface area contributed by atoms with Crippen LogP contribution in [0.3, 0.4) is 0 Å². The highest BCUT2D eigenvalue weighted by molar-refractivity contribution is 5.80. The summed E-state index contributed by atoms with van der Waals surface area (Å²) in [5.74, 6) is -0.979. The zero-order valence-corrected chi connectivity index (χ0v) is 5.57. The molecule has 0 aromatic heterocycles. The Balaban J connectivity index is 2.80. The molecule has 54 valence electrons. The second kappa shape index (κ2) is 2.17. The van der Waals surface area contributed by atoms with E-state index in [2.05, 4.69) is 0 Å². The standard InChI is InChI=1S/C7H8O3/c1-7(6(8)9)4-2-3-5-10-7/h2-5H,1H3,(H,8,9). The Morgan fingerprint density at radius 2 is 2.30 bits per heavy atom. The smallest absolute Gasteiger partial charge is 0.351 e. The lowest BCUT2D eigenvalue weighted by Gasteiger charge is -2.21. The van der Waals surface area contributed by atoms with Gasteiger partial charge in [0.15, 0.2) is 0 Å². The fourth-order valence-electron chi connectivity index (χ4n) is 0.626. The van der Waals surface area contributed by atoms with Crippen LogP contribution in [-0.2, 0) is 9.53 Å². The average Bonchev–Trinajstić information content (AvgIpc) is 1.89. The van der Waals surface area contributed by atoms with Crippen molar-refractivity contribution < 1.29 is 14.6 Å². The van der Waals surface area contributed by atoms with Gasteiger partial charge in [0.2, 0.25) is 5.60 Å². The zero-order chi connectivity index (χ0) is 7.61. The second-order valence-electron chi connectivity index (χ2n) is 2.22. The third-order valence-electron chi connectivity index (χ3n) is 1.34. The van der Waals surface area contributed by atoms with Crippen LogP contribution in [0, 0.1) is 0 Å². The van der Waals surface area contributed by atoms with Crippen LogP contribution in [0.4, 0.5) is 0 Å². The van der Waals surface area contributed by atoms with Crippen LogP contribution in [-0.4, -0.2) is 16.7 Å². The van der Waals surface area contributed by atoms with Gasteiger partial charge in [0.25, 0.3) is 0 Å². The van der Waals surface area contributed by atoms with Gasteiger partial charge in [-0.25, -0.2) is 4.79 Å². The van der Waals surface area contributed by atoms with Gasteiger partial charge in [0, 0.05) is 0 Å². The maximum absolute atomic E-state index is 10.5. The molecule has 3 heteroatoms. The van der Waals surface area contributed by atoms with E-state index in [0.29, 0.717) is 0 Å². The molecule has 1 aliphatic rings. The fraction of sp³-hybridized carbons (Fsp3) is 0.286. The molecule has 0 radical (unpaired) electrons. The minimum Gasteiger partial charge on any atom is -0.479 e. The van der Waals surface area contributed by atoms with Gasteiger partial charge >= 0.3 is 5.97 Å². The van der Waals surface area contributed by atoms with Gasteiger partial charge in [-0.15, -0.1) is 0 Å². The Morgan fingerprint density at radius 1 is 1.60 bits per heavy atom. The molecule has 0 amide bonds. The number of allylic oxidation sites excluding steroid dienone is 2. The highest BCUT2D eigenvalue weighted by atomic mass is 16.5. The summed E-state index contributed by atoms with van der Waals surface area (Å²) in [6.07, 6.45) is 6.16. The molecule has 1 heterocycles. The third-order valence-corrected chi connectivity index (χ3v) is 1.34. The summed E-state index contributed by atoms with van der Waals surface area (Å²) in [6.45, 7) is 1.50. The summed E-state index contributed by atoms with van der Waals surface area (Å²) in [5.41, 5.74) is -1.17. The normalized spacial score (nSPS) is 29.7. The maximum atomic E-state index is 10.5. The van der Waals surface area contributed by atoms with Crippen LogP contribution in [0.5, 0.6) is 0 Å². The van der Waals surface area contributed by atoms with E-state index in [9.17, 15) is 4.79 Å². The first-order valence-electron chi connectivity index (χ1n) is 2.91. The van der Waals surface area contributed by atoms with E-state index in [4.69, 9.17) is 9.84 Å². The number of ether oxygens (including phenoxy) is 1. The average molecular weight is 140 g/mol. The molecule has 1 aliphatic heterocycles. The Bertz CT molecular complexity index is 205. The minimum absolute atomic E-state index is 0.979. The summed E-state index contributed by atoms with van der Waals surface area (Å²) in [4.78, 5) is 10.5. The van der Waals surface area contributed by atoms with Gasteiger partial charge in [-0.1, -0.05) is 6.08 Å². The van der Waals surface area contributed by atoms with Crippen LogP contribution in [0.2, 0.25) is 0 Å². The first kappa shape index (κ1) is 6.86. The van der Waals surface area contributed by atoms with Crippen molar-refractivity contribution in [3.05, 3.63) is 24.5 Å². The molecular weight excluding hydrogens is 132 g/mol. The first-order chi connectivity index (χ1) is 4.65. The highest BCUT2D eigenvalue weighted by Crippen LogP contribution is 2.16. The molecule has 0 aromatic rings. The number of carboxylic acids is 1. The Kier molecular flexibility index (Phi) is 1.49. The van der Waals surface area contributed by atoms with E-state index in [1.54, 1.807) is 12.2 Å². The van der Waals surface area contributed by atoms with Gasteiger partial charge in [-0.3, -0.25) is 0 Å². The quantitative estimate of drug-likeness (QED) is 0.589. The molecule has 0 spiro atoms. The van der Waals surface area contributed by atoms with Gasteiger partial charge in [-0.05, 0) is 19.1 Å². The van der Waals surface area contributed by atoms with Crippen molar-refractivity contribution in [1.29, 1.82) is 0 Å². The van der Waals surface area contributed by atoms with Crippen molar-refractivity contribution in [2.45, 2.75) is 12.5 Å². The van der Waals surface area contributed by atoms with Crippen LogP contribution in [0.15, 0.2) is 24.5 Å². The molecular formula is C7H8O3. The predicted molar refractivity (Wildman–Crippen MR) is 35.4 cm³/mol. The van der Waals surface area contributed by atoms with Gasteiger partial charge in [0.1, 0.15) is 0 Å². The lowest BCUT2D eigenvalue weighted by Crippen LogP contribution is -2.35. The van der Waals surface area contributed by atoms with Crippen LogP contribution in [0.25, 0.3) is 0 Å². The summed E-state index contributed by atoms with van der Waals surface area (Å²) in [7, 11) is 0. The fourth-order valence-corrected chi connectivity index (χ4v) is 0.626. The zero-order valence-electron chi connectivity index (χ0n) is 5.57. The highest BCUT2D eigenvalue weighted by Gasteiger charge is 2.31. The molecule has 0 aliphatic carbocycles. The van der Waals surface area contributed by atoms with Crippen molar-refractivity contribution in [3.63, 3.8) is 0 Å². The number of rotatable bonds is 1. The molecule has 0 saturated carbocycles. The van der Waals surface area contributed by atoms with E-state index in [1.165, 1.54) is 19.3 Å². The first-order valence-corrected chi connectivity index (χ1v) is 2.91. The monoisotopic (exact) mass is 140 g/mol. The van der Waals surface area contributed by atoms with E-state index >= 15 is 0 Å². The van der Waals surface area contributed by atoms with Crippen molar-refractivity contribution in [2.75, 3.05) is 0 Å². The minimum atomic E-state index is -1.17. The Morgan fingerprint density at radius 3 is 2.60 bits per heavy atom. The van der Waals surface area contributed by atoms with Crippen molar-refractivity contribution in [1.82, 2.24) is 0 Å². The molecule has 0 fully saturated rings. The summed E-state index contributed by atoms with van der Waals surface area (Å²) >= 11 is 0. The number of aliphatic carboxylic acids is 1. The number of hydrogen-bond acceptors (Lipinski definition) is 2. The van der Waals surface area contributed by atoms with E-state index in [1.807, 2.05) is 0 Å². The third kappa shape index (κ3) is 1.03. The number of hydrogen-bond donors (Lipinski definition) is 1. The molecule has 1 rings (SSSR count). The van der Waals surface area contributed by atoms with Gasteiger partial charge in [0.05, 0.1) is 6.26 Å². The Labute approximate surface area is 58.6 Å². The van der Waals surface area contributed by atoms with Gasteiger partial charge < -0.3 is 9.84 Å². The molecule has 1 atom stereocenters. The SMILES string of the molecule is CC1(C(=O)O)C=CC=CO1. The van der Waals surface area contributed by atoms with E-state index in [0.717, 1.165) is 0 Å². The molecule has 1 N–H and O–H groups in total. The van der Waals surface area contributed by atoms with E-state index < -0.39 is 11.6 Å². The molecule has 3 nitrogen and oxygen atoms in total.